The molecular formula is C22H27N5O5. The van der Waals surface area contributed by atoms with Crippen molar-refractivity contribution in [3.8, 4) is 0 Å². The summed E-state index contributed by atoms with van der Waals surface area (Å²) in [4.78, 5) is 29.6. The van der Waals surface area contributed by atoms with Gasteiger partial charge in [0.25, 0.3) is 0 Å². The number of likely N-dealkylation sites (N-methyl/N-ethyl adjacent to an activating group) is 1. The zero-order chi connectivity index (χ0) is 22.8. The monoisotopic (exact) mass is 441 g/mol. The average molecular weight is 441 g/mol. The van der Waals surface area contributed by atoms with Gasteiger partial charge in [-0.15, -0.1) is 0 Å². The lowest BCUT2D eigenvalue weighted by molar-refractivity contribution is 0.0691. The molecule has 10 nitrogen and oxygen atoms in total. The molecule has 0 bridgehead atoms. The molecule has 0 spiro atoms. The van der Waals surface area contributed by atoms with Crippen molar-refractivity contribution in [2.24, 2.45) is 0 Å². The Morgan fingerprint density at radius 1 is 1.25 bits per heavy atom. The van der Waals surface area contributed by atoms with E-state index in [1.807, 2.05) is 11.8 Å². The predicted molar refractivity (Wildman–Crippen MR) is 120 cm³/mol. The number of anilines is 2. The molecule has 1 aliphatic carbocycles. The number of pyridine rings is 1. The summed E-state index contributed by atoms with van der Waals surface area (Å²) in [6, 6.07) is 1.47. The molecule has 2 aliphatic rings. The number of aliphatic hydroxyl groups is 2. The highest BCUT2D eigenvalue weighted by molar-refractivity contribution is 6.01. The van der Waals surface area contributed by atoms with Gasteiger partial charge in [0.2, 0.25) is 5.95 Å². The third-order valence-electron chi connectivity index (χ3n) is 5.70. The molecule has 0 amide bonds. The number of morpholine rings is 1. The van der Waals surface area contributed by atoms with Crippen LogP contribution in [0.3, 0.4) is 0 Å². The normalized spacial score (nSPS) is 19.0. The van der Waals surface area contributed by atoms with Crippen molar-refractivity contribution in [2.45, 2.75) is 19.4 Å². The quantitative estimate of drug-likeness (QED) is 0.598. The minimum absolute atomic E-state index is 0.0954. The summed E-state index contributed by atoms with van der Waals surface area (Å²) in [6.45, 7) is 4.54. The van der Waals surface area contributed by atoms with Gasteiger partial charge in [0.1, 0.15) is 16.7 Å². The summed E-state index contributed by atoms with van der Waals surface area (Å²) in [6.07, 6.45) is 3.39. The largest absolute Gasteiger partial charge is 0.477 e. The van der Waals surface area contributed by atoms with Crippen molar-refractivity contribution >= 4 is 34.2 Å². The van der Waals surface area contributed by atoms with Gasteiger partial charge in [-0.2, -0.15) is 0 Å². The number of aromatic carboxylic acids is 1. The van der Waals surface area contributed by atoms with Gasteiger partial charge in [0.05, 0.1) is 31.6 Å². The lowest BCUT2D eigenvalue weighted by Crippen LogP contribution is -2.37. The number of carboxylic acids is 1. The minimum atomic E-state index is -1.16. The van der Waals surface area contributed by atoms with E-state index in [9.17, 15) is 20.1 Å². The Morgan fingerprint density at radius 3 is 2.66 bits per heavy atom. The zero-order valence-electron chi connectivity index (χ0n) is 18.2. The fourth-order valence-electron chi connectivity index (χ4n) is 3.96. The SMILES string of the molecule is CC1=C(c2nc(N3CCOCC3)nc3c(N(C)CCO)cc(C(=O)O)nc23)C=CC(O)C1. The number of carbonyl (C=O) groups is 1. The lowest BCUT2D eigenvalue weighted by atomic mass is 9.94. The van der Waals surface area contributed by atoms with Gasteiger partial charge >= 0.3 is 5.97 Å². The van der Waals surface area contributed by atoms with E-state index in [2.05, 4.69) is 4.98 Å². The summed E-state index contributed by atoms with van der Waals surface area (Å²) < 4.78 is 5.46. The second-order valence-corrected chi connectivity index (χ2v) is 7.97. The second-order valence-electron chi connectivity index (χ2n) is 7.97. The van der Waals surface area contributed by atoms with E-state index >= 15 is 0 Å². The van der Waals surface area contributed by atoms with Gasteiger partial charge in [0, 0.05) is 32.3 Å². The number of aliphatic hydroxyl groups excluding tert-OH is 2. The number of nitrogens with zero attached hydrogens (tertiary/aromatic N) is 5. The molecule has 3 heterocycles. The van der Waals surface area contributed by atoms with Gasteiger partial charge in [-0.3, -0.25) is 0 Å². The van der Waals surface area contributed by atoms with Gasteiger partial charge in [-0.1, -0.05) is 17.7 Å². The first-order valence-electron chi connectivity index (χ1n) is 10.6. The molecule has 170 valence electrons. The number of ether oxygens (including phenoxy) is 1. The molecule has 4 rings (SSSR count). The summed E-state index contributed by atoms with van der Waals surface area (Å²) in [7, 11) is 1.77. The molecular weight excluding hydrogens is 414 g/mol. The maximum Gasteiger partial charge on any atom is 0.354 e. The Labute approximate surface area is 185 Å². The van der Waals surface area contributed by atoms with Gasteiger partial charge in [0.15, 0.2) is 5.69 Å². The molecule has 0 aromatic carbocycles. The highest BCUT2D eigenvalue weighted by Crippen LogP contribution is 2.35. The maximum atomic E-state index is 11.8. The maximum absolute atomic E-state index is 11.8. The molecule has 32 heavy (non-hydrogen) atoms. The third kappa shape index (κ3) is 4.29. The van der Waals surface area contributed by atoms with Crippen LogP contribution in [0.15, 0.2) is 23.8 Å². The number of rotatable bonds is 6. The van der Waals surface area contributed by atoms with E-state index < -0.39 is 12.1 Å². The smallest absolute Gasteiger partial charge is 0.354 e. The molecule has 2 aromatic rings. The number of hydrogen-bond donors (Lipinski definition) is 3. The van der Waals surface area contributed by atoms with Crippen molar-refractivity contribution in [3.63, 3.8) is 0 Å². The number of aromatic nitrogens is 3. The number of hydrogen-bond acceptors (Lipinski definition) is 9. The van der Waals surface area contributed by atoms with E-state index in [0.717, 1.165) is 11.1 Å². The zero-order valence-corrected chi connectivity index (χ0v) is 18.2. The second kappa shape index (κ2) is 9.19. The van der Waals surface area contributed by atoms with E-state index in [0.29, 0.717) is 67.6 Å². The number of carboxylic acid groups (broad SMARTS) is 1. The molecule has 1 saturated heterocycles. The summed E-state index contributed by atoms with van der Waals surface area (Å²) in [5.41, 5.74) is 3.56. The molecule has 1 unspecified atom stereocenters. The van der Waals surface area contributed by atoms with Crippen molar-refractivity contribution < 1.29 is 24.9 Å². The Bertz CT molecular complexity index is 1090. The van der Waals surface area contributed by atoms with Gasteiger partial charge in [-0.25, -0.2) is 19.7 Å². The Balaban J connectivity index is 2.01. The minimum Gasteiger partial charge on any atom is -0.477 e. The van der Waals surface area contributed by atoms with E-state index in [4.69, 9.17) is 14.7 Å². The Morgan fingerprint density at radius 2 is 2.00 bits per heavy atom. The highest BCUT2D eigenvalue weighted by Gasteiger charge is 2.25. The molecule has 10 heteroatoms. The first-order valence-corrected chi connectivity index (χ1v) is 10.6. The van der Waals surface area contributed by atoms with Crippen LogP contribution in [0.5, 0.6) is 0 Å². The molecule has 3 N–H and O–H groups in total. The lowest BCUT2D eigenvalue weighted by Gasteiger charge is -2.28. The first kappa shape index (κ1) is 22.1. The van der Waals surface area contributed by atoms with Crippen molar-refractivity contribution in [2.75, 3.05) is 56.3 Å². The van der Waals surface area contributed by atoms with E-state index in [1.54, 1.807) is 24.1 Å². The molecule has 0 radical (unpaired) electrons. The highest BCUT2D eigenvalue weighted by atomic mass is 16.5. The third-order valence-corrected chi connectivity index (χ3v) is 5.70. The molecule has 1 atom stereocenters. The fourth-order valence-corrected chi connectivity index (χ4v) is 3.96. The number of fused-ring (bicyclic) bond motifs is 1. The fraction of sp³-hybridized carbons (Fsp3) is 0.455. The van der Waals surface area contributed by atoms with Crippen LogP contribution in [0.2, 0.25) is 0 Å². The molecule has 0 saturated carbocycles. The summed E-state index contributed by atoms with van der Waals surface area (Å²) >= 11 is 0. The average Bonchev–Trinajstić information content (AvgIpc) is 2.78. The summed E-state index contributed by atoms with van der Waals surface area (Å²) in [5.74, 6) is -0.645. The van der Waals surface area contributed by atoms with Crippen LogP contribution in [-0.4, -0.2) is 88.8 Å². The predicted octanol–water partition coefficient (Wildman–Crippen LogP) is 1.08. The van der Waals surface area contributed by atoms with Crippen LogP contribution < -0.4 is 9.80 Å². The topological polar surface area (TPSA) is 132 Å². The Hall–Kier alpha value is -3.08. The van der Waals surface area contributed by atoms with Gasteiger partial charge in [-0.05, 0) is 19.4 Å². The van der Waals surface area contributed by atoms with Crippen LogP contribution in [-0.2, 0) is 4.74 Å². The Kier molecular flexibility index (Phi) is 6.35. The van der Waals surface area contributed by atoms with Crippen LogP contribution in [0.1, 0.15) is 29.5 Å². The first-order chi connectivity index (χ1) is 15.4. The standard InChI is InChI=1S/C22H27N5O5/c1-13-11-14(29)3-4-15(13)18-20-19(25-22(24-18)27-6-9-32-10-7-27)17(26(2)5-8-28)12-16(23-20)21(30)31/h3-4,12,14,28-29H,5-11H2,1-2H3,(H,30,31). The van der Waals surface area contributed by atoms with Crippen LogP contribution in [0.4, 0.5) is 11.6 Å². The molecule has 1 aliphatic heterocycles. The van der Waals surface area contributed by atoms with Crippen LogP contribution >= 0.6 is 0 Å². The number of allylic oxidation sites excluding steroid dienone is 2. The van der Waals surface area contributed by atoms with Crippen LogP contribution in [0.25, 0.3) is 16.6 Å². The van der Waals surface area contributed by atoms with Crippen LogP contribution in [0, 0.1) is 0 Å². The van der Waals surface area contributed by atoms with Crippen molar-refractivity contribution in [1.29, 1.82) is 0 Å². The van der Waals surface area contributed by atoms with Crippen molar-refractivity contribution in [3.05, 3.63) is 35.2 Å². The van der Waals surface area contributed by atoms with E-state index in [1.165, 1.54) is 6.07 Å². The van der Waals surface area contributed by atoms with E-state index in [-0.39, 0.29) is 12.3 Å². The van der Waals surface area contributed by atoms with Crippen molar-refractivity contribution in [1.82, 2.24) is 15.0 Å². The molecule has 2 aromatic heterocycles. The molecule has 1 fully saturated rings. The van der Waals surface area contributed by atoms with Gasteiger partial charge < -0.3 is 29.9 Å². The summed E-state index contributed by atoms with van der Waals surface area (Å²) in [5, 5.41) is 29.1.